The molecule has 2 heterocycles. The first-order valence-electron chi connectivity index (χ1n) is 7.39. The first-order valence-corrected chi connectivity index (χ1v) is 7.39. The number of hydrogen-bond acceptors (Lipinski definition) is 4. The molecule has 0 unspecified atom stereocenters. The highest BCUT2D eigenvalue weighted by Crippen LogP contribution is 2.43. The highest BCUT2D eigenvalue weighted by atomic mass is 16.6. The smallest absolute Gasteiger partial charge is 0.407 e. The van der Waals surface area contributed by atoms with Crippen LogP contribution in [-0.4, -0.2) is 35.6 Å². The van der Waals surface area contributed by atoms with Crippen LogP contribution >= 0.6 is 0 Å². The van der Waals surface area contributed by atoms with Crippen molar-refractivity contribution < 1.29 is 19.4 Å². The number of carbonyl (C=O) groups excluding carboxylic acids is 1. The van der Waals surface area contributed by atoms with Gasteiger partial charge in [0.1, 0.15) is 6.61 Å². The third-order valence-electron chi connectivity index (χ3n) is 4.64. The standard InChI is InChI=1S/C16H21NO4/c18-11-16-8-6-15(7-9-16,12-21-16)17-14(19)20-10-13-4-2-1-3-5-13/h1-5,18H,6-12H2,(H,17,19). The molecule has 2 saturated heterocycles. The minimum Gasteiger partial charge on any atom is -0.445 e. The quantitative estimate of drug-likeness (QED) is 0.890. The molecule has 114 valence electrons. The van der Waals surface area contributed by atoms with Gasteiger partial charge in [-0.15, -0.1) is 0 Å². The maximum atomic E-state index is 12.0. The molecule has 3 fully saturated rings. The Labute approximate surface area is 124 Å². The SMILES string of the molecule is O=C(NC12CCC(CO)(CC1)OC2)OCc1ccccc1. The van der Waals surface area contributed by atoms with Gasteiger partial charge in [0.05, 0.1) is 24.4 Å². The second-order valence-corrected chi connectivity index (χ2v) is 6.10. The van der Waals surface area contributed by atoms with Crippen molar-refractivity contribution in [3.8, 4) is 0 Å². The molecule has 5 heteroatoms. The molecule has 1 aromatic carbocycles. The first kappa shape index (κ1) is 14.4. The highest BCUT2D eigenvalue weighted by molar-refractivity contribution is 5.68. The van der Waals surface area contributed by atoms with Crippen molar-refractivity contribution in [3.05, 3.63) is 35.9 Å². The number of aliphatic hydroxyl groups excluding tert-OH is 1. The Morgan fingerprint density at radius 1 is 1.24 bits per heavy atom. The topological polar surface area (TPSA) is 67.8 Å². The van der Waals surface area contributed by atoms with Crippen molar-refractivity contribution in [1.82, 2.24) is 5.32 Å². The van der Waals surface area contributed by atoms with E-state index < -0.39 is 6.09 Å². The van der Waals surface area contributed by atoms with Crippen molar-refractivity contribution in [1.29, 1.82) is 0 Å². The lowest BCUT2D eigenvalue weighted by Gasteiger charge is -2.52. The number of benzene rings is 1. The molecule has 1 aromatic rings. The van der Waals surface area contributed by atoms with Crippen LogP contribution in [-0.2, 0) is 16.1 Å². The number of ether oxygens (including phenoxy) is 2. The summed E-state index contributed by atoms with van der Waals surface area (Å²) in [5.41, 5.74) is 0.259. The number of aliphatic hydroxyl groups is 1. The van der Waals surface area contributed by atoms with Crippen LogP contribution in [0.15, 0.2) is 30.3 Å². The molecular weight excluding hydrogens is 270 g/mol. The molecule has 1 aliphatic carbocycles. The van der Waals surface area contributed by atoms with Gasteiger partial charge in [0, 0.05) is 0 Å². The van der Waals surface area contributed by atoms with Crippen molar-refractivity contribution in [3.63, 3.8) is 0 Å². The summed E-state index contributed by atoms with van der Waals surface area (Å²) in [4.78, 5) is 12.0. The van der Waals surface area contributed by atoms with Gasteiger partial charge in [-0.25, -0.2) is 4.79 Å². The average Bonchev–Trinajstić information content (AvgIpc) is 2.55. The highest BCUT2D eigenvalue weighted by Gasteiger charge is 2.50. The van der Waals surface area contributed by atoms with E-state index in [-0.39, 0.29) is 24.4 Å². The van der Waals surface area contributed by atoms with E-state index in [4.69, 9.17) is 9.47 Å². The van der Waals surface area contributed by atoms with Crippen molar-refractivity contribution in [2.75, 3.05) is 13.2 Å². The summed E-state index contributed by atoms with van der Waals surface area (Å²) in [5.74, 6) is 0. The average molecular weight is 291 g/mol. The maximum absolute atomic E-state index is 12.0. The number of fused-ring (bicyclic) bond motifs is 3. The number of alkyl carbamates (subject to hydrolysis) is 1. The van der Waals surface area contributed by atoms with Crippen molar-refractivity contribution >= 4 is 6.09 Å². The monoisotopic (exact) mass is 291 g/mol. The van der Waals surface area contributed by atoms with Gasteiger partial charge in [0.25, 0.3) is 0 Å². The zero-order chi connectivity index (χ0) is 14.8. The minimum absolute atomic E-state index is 0.0571. The van der Waals surface area contributed by atoms with Crippen LogP contribution in [0.5, 0.6) is 0 Å². The summed E-state index contributed by atoms with van der Waals surface area (Å²) in [6.07, 6.45) is 2.81. The maximum Gasteiger partial charge on any atom is 0.407 e. The Bertz CT molecular complexity index is 478. The molecule has 21 heavy (non-hydrogen) atoms. The van der Waals surface area contributed by atoms with E-state index in [0.29, 0.717) is 6.61 Å². The Kier molecular flexibility index (Phi) is 3.87. The summed E-state index contributed by atoms with van der Waals surface area (Å²) in [6, 6.07) is 9.61. The molecule has 1 saturated carbocycles. The molecule has 2 bridgehead atoms. The second-order valence-electron chi connectivity index (χ2n) is 6.10. The number of rotatable bonds is 4. The third kappa shape index (κ3) is 3.04. The summed E-state index contributed by atoms with van der Waals surface area (Å²) in [7, 11) is 0. The number of amides is 1. The Balaban J connectivity index is 1.52. The molecule has 5 nitrogen and oxygen atoms in total. The van der Waals surface area contributed by atoms with E-state index in [0.717, 1.165) is 31.2 Å². The molecule has 3 aliphatic rings. The van der Waals surface area contributed by atoms with E-state index in [1.165, 1.54) is 0 Å². The van der Waals surface area contributed by atoms with Gasteiger partial charge < -0.3 is 19.9 Å². The fourth-order valence-corrected chi connectivity index (χ4v) is 3.10. The number of nitrogens with one attached hydrogen (secondary N) is 1. The van der Waals surface area contributed by atoms with Crippen LogP contribution in [0.1, 0.15) is 31.2 Å². The van der Waals surface area contributed by atoms with E-state index in [2.05, 4.69) is 5.32 Å². The predicted molar refractivity (Wildman–Crippen MR) is 76.7 cm³/mol. The fraction of sp³-hybridized carbons (Fsp3) is 0.562. The molecule has 0 atom stereocenters. The molecular formula is C16H21NO4. The van der Waals surface area contributed by atoms with Crippen molar-refractivity contribution in [2.45, 2.75) is 43.4 Å². The predicted octanol–water partition coefficient (Wildman–Crippen LogP) is 1.99. The lowest BCUT2D eigenvalue weighted by molar-refractivity contribution is -0.178. The Morgan fingerprint density at radius 3 is 2.52 bits per heavy atom. The van der Waals surface area contributed by atoms with E-state index in [1.807, 2.05) is 30.3 Å². The van der Waals surface area contributed by atoms with E-state index in [1.54, 1.807) is 0 Å². The van der Waals surface area contributed by atoms with Gasteiger partial charge >= 0.3 is 6.09 Å². The van der Waals surface area contributed by atoms with Gasteiger partial charge in [-0.1, -0.05) is 30.3 Å². The van der Waals surface area contributed by atoms with Gasteiger partial charge in [-0.3, -0.25) is 0 Å². The molecule has 0 aromatic heterocycles. The van der Waals surface area contributed by atoms with Gasteiger partial charge in [0.2, 0.25) is 0 Å². The van der Waals surface area contributed by atoms with Crippen LogP contribution in [0.25, 0.3) is 0 Å². The summed E-state index contributed by atoms with van der Waals surface area (Å²) in [5, 5.41) is 12.4. The van der Waals surface area contributed by atoms with Crippen LogP contribution in [0, 0.1) is 0 Å². The first-order chi connectivity index (χ1) is 10.2. The van der Waals surface area contributed by atoms with Crippen LogP contribution in [0.2, 0.25) is 0 Å². The molecule has 4 rings (SSSR count). The number of carbonyl (C=O) groups is 1. The molecule has 2 N–H and O–H groups in total. The van der Waals surface area contributed by atoms with Crippen molar-refractivity contribution in [2.24, 2.45) is 0 Å². The van der Waals surface area contributed by atoms with Crippen LogP contribution < -0.4 is 5.32 Å². The normalized spacial score (nSPS) is 30.9. The van der Waals surface area contributed by atoms with Gasteiger partial charge in [-0.2, -0.15) is 0 Å². The molecule has 1 amide bonds. The van der Waals surface area contributed by atoms with Gasteiger partial charge in [0.15, 0.2) is 0 Å². The summed E-state index contributed by atoms with van der Waals surface area (Å²) >= 11 is 0. The minimum atomic E-state index is -0.402. The zero-order valence-electron chi connectivity index (χ0n) is 12.0. The fourth-order valence-electron chi connectivity index (χ4n) is 3.10. The summed E-state index contributed by atoms with van der Waals surface area (Å²) < 4.78 is 11.0. The lowest BCUT2D eigenvalue weighted by atomic mass is 9.71. The Morgan fingerprint density at radius 2 is 1.95 bits per heavy atom. The molecule has 2 aliphatic heterocycles. The second kappa shape index (κ2) is 5.66. The largest absolute Gasteiger partial charge is 0.445 e. The number of hydrogen-bond donors (Lipinski definition) is 2. The zero-order valence-corrected chi connectivity index (χ0v) is 12.0. The third-order valence-corrected chi connectivity index (χ3v) is 4.64. The van der Waals surface area contributed by atoms with Crippen LogP contribution in [0.4, 0.5) is 4.79 Å². The van der Waals surface area contributed by atoms with Gasteiger partial charge in [-0.05, 0) is 31.2 Å². The van der Waals surface area contributed by atoms with E-state index >= 15 is 0 Å². The molecule has 0 radical (unpaired) electrons. The van der Waals surface area contributed by atoms with E-state index in [9.17, 15) is 9.90 Å². The lowest BCUT2D eigenvalue weighted by Crippen LogP contribution is -2.63. The molecule has 0 spiro atoms. The summed E-state index contributed by atoms with van der Waals surface area (Å²) in [6.45, 7) is 0.777. The van der Waals surface area contributed by atoms with Crippen LogP contribution in [0.3, 0.4) is 0 Å². The Hall–Kier alpha value is -1.59.